The second kappa shape index (κ2) is 10.6. The Morgan fingerprint density at radius 2 is 1.93 bits per heavy atom. The van der Waals surface area contributed by atoms with Crippen LogP contribution in [0.25, 0.3) is 0 Å². The molecule has 0 aliphatic rings. The van der Waals surface area contributed by atoms with E-state index in [2.05, 4.69) is 10.6 Å². The maximum atomic E-state index is 12.4. The van der Waals surface area contributed by atoms with Gasteiger partial charge in [-0.05, 0) is 18.2 Å². The number of ether oxygens (including phenoxy) is 3. The van der Waals surface area contributed by atoms with Crippen molar-refractivity contribution in [3.8, 4) is 5.75 Å². The Kier molecular flexibility index (Phi) is 7.92. The molecule has 0 atom stereocenters. The topological polar surface area (TPSA) is 129 Å². The molecule has 0 fully saturated rings. The summed E-state index contributed by atoms with van der Waals surface area (Å²) in [6.07, 6.45) is 0. The van der Waals surface area contributed by atoms with Crippen molar-refractivity contribution in [1.29, 1.82) is 0 Å². The Labute approximate surface area is 166 Å². The van der Waals surface area contributed by atoms with Gasteiger partial charge in [-0.15, -0.1) is 0 Å². The molecule has 0 spiro atoms. The van der Waals surface area contributed by atoms with E-state index in [-0.39, 0.29) is 11.3 Å². The number of nitro benzene ring substituents is 1. The predicted octanol–water partition coefficient (Wildman–Crippen LogP) is 2.46. The van der Waals surface area contributed by atoms with E-state index < -0.39 is 23.4 Å². The van der Waals surface area contributed by atoms with Gasteiger partial charge in [-0.25, -0.2) is 4.79 Å². The number of hydrogen-bond acceptors (Lipinski definition) is 8. The molecule has 0 heterocycles. The van der Waals surface area contributed by atoms with Gasteiger partial charge in [-0.2, -0.15) is 0 Å². The number of anilines is 2. The Balaban J connectivity index is 2.04. The van der Waals surface area contributed by atoms with Crippen molar-refractivity contribution in [3.05, 3.63) is 58.1 Å². The first-order chi connectivity index (χ1) is 13.9. The summed E-state index contributed by atoms with van der Waals surface area (Å²) in [5, 5.41) is 16.5. The lowest BCUT2D eigenvalue weighted by Gasteiger charge is -2.12. The normalized spacial score (nSPS) is 10.1. The van der Waals surface area contributed by atoms with Crippen molar-refractivity contribution in [2.75, 3.05) is 44.6 Å². The smallest absolute Gasteiger partial charge is 0.341 e. The van der Waals surface area contributed by atoms with Crippen LogP contribution in [-0.4, -0.2) is 50.8 Å². The SMILES string of the molecule is COCCNc1ccc([N+](=O)[O-])cc1C(=O)OCC(=O)Nc1cccc(OC)c1. The average molecular weight is 403 g/mol. The standard InChI is InChI=1S/C19H21N3O7/c1-27-9-8-20-17-7-6-14(22(25)26)11-16(17)19(24)29-12-18(23)21-13-4-3-5-15(10-13)28-2/h3-7,10-11,20H,8-9,12H2,1-2H3,(H,21,23). The summed E-state index contributed by atoms with van der Waals surface area (Å²) < 4.78 is 15.0. The summed E-state index contributed by atoms with van der Waals surface area (Å²) in [5.74, 6) is -0.872. The number of nitrogens with one attached hydrogen (secondary N) is 2. The van der Waals surface area contributed by atoms with Gasteiger partial charge in [0.2, 0.25) is 0 Å². The van der Waals surface area contributed by atoms with Crippen LogP contribution in [0.3, 0.4) is 0 Å². The molecule has 10 heteroatoms. The van der Waals surface area contributed by atoms with Gasteiger partial charge in [0.05, 0.1) is 24.2 Å². The minimum atomic E-state index is -0.866. The number of non-ortho nitro benzene ring substituents is 1. The van der Waals surface area contributed by atoms with E-state index in [1.165, 1.54) is 26.4 Å². The number of nitro groups is 1. The molecule has 0 bridgehead atoms. The first kappa shape index (κ1) is 21.6. The molecular weight excluding hydrogens is 382 g/mol. The molecule has 0 aliphatic heterocycles. The van der Waals surface area contributed by atoms with Gasteiger partial charge in [0.1, 0.15) is 5.75 Å². The number of rotatable bonds is 10. The van der Waals surface area contributed by atoms with Crippen LogP contribution in [0.5, 0.6) is 5.75 Å². The molecule has 2 N–H and O–H groups in total. The zero-order chi connectivity index (χ0) is 21.2. The molecule has 2 aromatic carbocycles. The number of hydrogen-bond donors (Lipinski definition) is 2. The zero-order valence-corrected chi connectivity index (χ0v) is 16.0. The van der Waals surface area contributed by atoms with E-state index in [9.17, 15) is 19.7 Å². The molecule has 0 aromatic heterocycles. The highest BCUT2D eigenvalue weighted by atomic mass is 16.6. The third kappa shape index (κ3) is 6.47. The minimum Gasteiger partial charge on any atom is -0.497 e. The fourth-order valence-corrected chi connectivity index (χ4v) is 2.36. The van der Waals surface area contributed by atoms with Gasteiger partial charge in [-0.1, -0.05) is 6.07 Å². The van der Waals surface area contributed by atoms with Gasteiger partial charge < -0.3 is 24.8 Å². The van der Waals surface area contributed by atoms with E-state index in [0.717, 1.165) is 6.07 Å². The summed E-state index contributed by atoms with van der Waals surface area (Å²) in [7, 11) is 3.02. The highest BCUT2D eigenvalue weighted by Crippen LogP contribution is 2.23. The number of esters is 1. The molecule has 2 rings (SSSR count). The van der Waals surface area contributed by atoms with Crippen LogP contribution in [0.2, 0.25) is 0 Å². The molecular formula is C19H21N3O7. The minimum absolute atomic E-state index is 0.0514. The number of carbonyl (C=O) groups excluding carboxylic acids is 2. The van der Waals surface area contributed by atoms with Crippen LogP contribution in [0, 0.1) is 10.1 Å². The summed E-state index contributed by atoms with van der Waals surface area (Å²) in [6, 6.07) is 10.4. The predicted molar refractivity (Wildman–Crippen MR) is 105 cm³/mol. The third-order valence-electron chi connectivity index (χ3n) is 3.74. The molecule has 154 valence electrons. The fraction of sp³-hybridized carbons (Fsp3) is 0.263. The van der Waals surface area contributed by atoms with Crippen LogP contribution in [-0.2, 0) is 14.3 Å². The largest absolute Gasteiger partial charge is 0.497 e. The first-order valence-electron chi connectivity index (χ1n) is 8.57. The molecule has 2 aromatic rings. The summed E-state index contributed by atoms with van der Waals surface area (Å²) >= 11 is 0. The maximum Gasteiger partial charge on any atom is 0.341 e. The lowest BCUT2D eigenvalue weighted by molar-refractivity contribution is -0.384. The molecule has 0 aliphatic carbocycles. The molecule has 0 saturated carbocycles. The highest BCUT2D eigenvalue weighted by Gasteiger charge is 2.19. The lowest BCUT2D eigenvalue weighted by atomic mass is 10.1. The van der Waals surface area contributed by atoms with Crippen LogP contribution in [0.15, 0.2) is 42.5 Å². The van der Waals surface area contributed by atoms with Gasteiger partial charge in [-0.3, -0.25) is 14.9 Å². The molecule has 1 amide bonds. The Bertz CT molecular complexity index is 886. The van der Waals surface area contributed by atoms with Crippen LogP contribution < -0.4 is 15.4 Å². The van der Waals surface area contributed by atoms with Gasteiger partial charge in [0.25, 0.3) is 11.6 Å². The quantitative estimate of drug-likeness (QED) is 0.268. The number of methoxy groups -OCH3 is 2. The van der Waals surface area contributed by atoms with E-state index in [0.29, 0.717) is 30.3 Å². The van der Waals surface area contributed by atoms with Crippen molar-refractivity contribution < 1.29 is 28.7 Å². The highest BCUT2D eigenvalue weighted by molar-refractivity contribution is 5.99. The summed E-state index contributed by atoms with van der Waals surface area (Å²) in [4.78, 5) is 34.9. The zero-order valence-electron chi connectivity index (χ0n) is 16.0. The van der Waals surface area contributed by atoms with E-state index in [1.54, 1.807) is 24.3 Å². The molecule has 0 unspecified atom stereocenters. The van der Waals surface area contributed by atoms with Gasteiger partial charge in [0.15, 0.2) is 6.61 Å². The second-order valence-electron chi connectivity index (χ2n) is 5.76. The molecule has 10 nitrogen and oxygen atoms in total. The first-order valence-corrected chi connectivity index (χ1v) is 8.57. The van der Waals surface area contributed by atoms with Crippen molar-refractivity contribution in [2.45, 2.75) is 0 Å². The number of amides is 1. The molecule has 0 saturated heterocycles. The number of carbonyl (C=O) groups is 2. The van der Waals surface area contributed by atoms with E-state index in [1.807, 2.05) is 0 Å². The summed E-state index contributed by atoms with van der Waals surface area (Å²) in [5.41, 5.74) is 0.494. The second-order valence-corrected chi connectivity index (χ2v) is 5.76. The average Bonchev–Trinajstić information content (AvgIpc) is 2.72. The monoisotopic (exact) mass is 403 g/mol. The number of benzene rings is 2. The Morgan fingerprint density at radius 3 is 2.62 bits per heavy atom. The summed E-state index contributed by atoms with van der Waals surface area (Å²) in [6.45, 7) is 0.190. The van der Waals surface area contributed by atoms with Crippen molar-refractivity contribution >= 4 is 28.9 Å². The van der Waals surface area contributed by atoms with Crippen LogP contribution in [0.1, 0.15) is 10.4 Å². The molecule has 29 heavy (non-hydrogen) atoms. The lowest BCUT2D eigenvalue weighted by Crippen LogP contribution is -2.21. The number of nitrogens with zero attached hydrogens (tertiary/aromatic N) is 1. The van der Waals surface area contributed by atoms with Gasteiger partial charge >= 0.3 is 5.97 Å². The van der Waals surface area contributed by atoms with E-state index in [4.69, 9.17) is 14.2 Å². The fourth-order valence-electron chi connectivity index (χ4n) is 2.36. The van der Waals surface area contributed by atoms with Crippen LogP contribution >= 0.6 is 0 Å². The van der Waals surface area contributed by atoms with E-state index >= 15 is 0 Å². The Hall–Kier alpha value is -3.66. The van der Waals surface area contributed by atoms with Crippen LogP contribution in [0.4, 0.5) is 17.1 Å². The van der Waals surface area contributed by atoms with Crippen molar-refractivity contribution in [1.82, 2.24) is 0 Å². The van der Waals surface area contributed by atoms with Crippen molar-refractivity contribution in [2.24, 2.45) is 0 Å². The van der Waals surface area contributed by atoms with Gasteiger partial charge in [0, 0.05) is 43.2 Å². The maximum absolute atomic E-state index is 12.4. The third-order valence-corrected chi connectivity index (χ3v) is 3.74. The van der Waals surface area contributed by atoms with Crippen molar-refractivity contribution in [3.63, 3.8) is 0 Å². The Morgan fingerprint density at radius 1 is 1.14 bits per heavy atom. The molecule has 0 radical (unpaired) electrons.